The van der Waals surface area contributed by atoms with Crippen molar-refractivity contribution in [1.29, 1.82) is 0 Å². The van der Waals surface area contributed by atoms with Gasteiger partial charge in [-0.1, -0.05) is 6.07 Å². The van der Waals surface area contributed by atoms with Crippen molar-refractivity contribution in [2.24, 2.45) is 5.92 Å². The van der Waals surface area contributed by atoms with Crippen molar-refractivity contribution in [3.8, 4) is 11.4 Å². The van der Waals surface area contributed by atoms with Crippen LogP contribution in [0.1, 0.15) is 35.3 Å². The first kappa shape index (κ1) is 21.2. The number of hydrogen-bond acceptors (Lipinski definition) is 4. The van der Waals surface area contributed by atoms with Crippen molar-refractivity contribution in [3.63, 3.8) is 0 Å². The lowest BCUT2D eigenvalue weighted by atomic mass is 9.94. The average molecular weight is 410 g/mol. The molecule has 1 aromatic heterocycles. The fourth-order valence-electron chi connectivity index (χ4n) is 3.45. The quantitative estimate of drug-likeness (QED) is 0.794. The Kier molecular flexibility index (Phi) is 6.46. The molecule has 29 heavy (non-hydrogen) atoms. The van der Waals surface area contributed by atoms with Crippen LogP contribution < -0.4 is 10.1 Å². The molecule has 1 aliphatic rings. The summed E-state index contributed by atoms with van der Waals surface area (Å²) in [6, 6.07) is 4.76. The number of aromatic nitrogens is 2. The van der Waals surface area contributed by atoms with Gasteiger partial charge in [0.05, 0.1) is 24.6 Å². The fourth-order valence-corrected chi connectivity index (χ4v) is 3.45. The lowest BCUT2D eigenvalue weighted by molar-refractivity contribution is -0.137. The van der Waals surface area contributed by atoms with Crippen LogP contribution in [-0.2, 0) is 6.18 Å². The third kappa shape index (κ3) is 5.29. The maximum Gasteiger partial charge on any atom is 0.416 e. The molecule has 1 amide bonds. The monoisotopic (exact) mass is 410 g/mol. The van der Waals surface area contributed by atoms with Gasteiger partial charge in [-0.05, 0) is 63.5 Å². The van der Waals surface area contributed by atoms with E-state index in [-0.39, 0.29) is 17.1 Å². The van der Waals surface area contributed by atoms with Gasteiger partial charge in [0.25, 0.3) is 5.91 Å². The molecule has 0 saturated carbocycles. The molecule has 9 heteroatoms. The van der Waals surface area contributed by atoms with Crippen LogP contribution in [0.25, 0.3) is 5.69 Å². The number of rotatable bonds is 6. The number of amides is 1. The van der Waals surface area contributed by atoms with E-state index in [4.69, 9.17) is 4.74 Å². The highest BCUT2D eigenvalue weighted by atomic mass is 19.4. The molecule has 0 radical (unpaired) electrons. The first-order chi connectivity index (χ1) is 13.8. The number of halogens is 3. The second-order valence-electron chi connectivity index (χ2n) is 7.33. The fraction of sp³-hybridized carbons (Fsp3) is 0.500. The number of hydrogen-bond donors (Lipinski definition) is 1. The largest absolute Gasteiger partial charge is 0.493 e. The Labute approximate surface area is 167 Å². The van der Waals surface area contributed by atoms with Crippen LogP contribution >= 0.6 is 0 Å². The summed E-state index contributed by atoms with van der Waals surface area (Å²) in [6.07, 6.45) is 0.0543. The molecule has 0 atom stereocenters. The molecule has 2 aromatic rings. The molecule has 0 aliphatic carbocycles. The van der Waals surface area contributed by atoms with Gasteiger partial charge in [0.15, 0.2) is 11.4 Å². The minimum atomic E-state index is -4.46. The zero-order valence-electron chi connectivity index (χ0n) is 16.5. The highest BCUT2D eigenvalue weighted by molar-refractivity contribution is 5.94. The third-order valence-corrected chi connectivity index (χ3v) is 5.23. The zero-order chi connectivity index (χ0) is 21.0. The van der Waals surface area contributed by atoms with Gasteiger partial charge < -0.3 is 15.0 Å². The molecule has 0 spiro atoms. The van der Waals surface area contributed by atoms with Gasteiger partial charge >= 0.3 is 6.18 Å². The SMILES string of the molecule is COc1cn(-c2cccc(C(F)(F)F)c2)nc1C(=O)NCCC1CCN(C)CC1. The van der Waals surface area contributed by atoms with Crippen LogP contribution in [0.3, 0.4) is 0 Å². The Hall–Kier alpha value is -2.55. The number of alkyl halides is 3. The molecular weight excluding hydrogens is 385 g/mol. The second kappa shape index (κ2) is 8.86. The Morgan fingerprint density at radius 1 is 1.31 bits per heavy atom. The maximum atomic E-state index is 13.0. The van der Waals surface area contributed by atoms with Crippen molar-refractivity contribution >= 4 is 5.91 Å². The number of ether oxygens (including phenoxy) is 1. The predicted molar refractivity (Wildman–Crippen MR) is 102 cm³/mol. The Morgan fingerprint density at radius 2 is 2.03 bits per heavy atom. The highest BCUT2D eigenvalue weighted by Crippen LogP contribution is 2.30. The number of nitrogens with one attached hydrogen (secondary N) is 1. The first-order valence-corrected chi connectivity index (χ1v) is 9.56. The Balaban J connectivity index is 1.67. The van der Waals surface area contributed by atoms with E-state index in [9.17, 15) is 18.0 Å². The van der Waals surface area contributed by atoms with E-state index in [0.717, 1.165) is 44.5 Å². The molecule has 1 fully saturated rings. The molecule has 0 bridgehead atoms. The summed E-state index contributed by atoms with van der Waals surface area (Å²) < 4.78 is 45.3. The average Bonchev–Trinajstić information content (AvgIpc) is 3.13. The standard InChI is InChI=1S/C20H25F3N4O2/c1-26-10-7-14(8-11-26)6-9-24-19(28)18-17(29-2)13-27(25-18)16-5-3-4-15(12-16)20(21,22)23/h3-5,12-14H,6-11H2,1-2H3,(H,24,28). The topological polar surface area (TPSA) is 59.4 Å². The first-order valence-electron chi connectivity index (χ1n) is 9.56. The van der Waals surface area contributed by atoms with Crippen LogP contribution in [0.4, 0.5) is 13.2 Å². The van der Waals surface area contributed by atoms with Crippen LogP contribution in [0.15, 0.2) is 30.5 Å². The number of methoxy groups -OCH3 is 1. The smallest absolute Gasteiger partial charge is 0.416 e. The molecule has 158 valence electrons. The maximum absolute atomic E-state index is 13.0. The van der Waals surface area contributed by atoms with E-state index in [2.05, 4.69) is 22.4 Å². The van der Waals surface area contributed by atoms with Gasteiger partial charge in [-0.15, -0.1) is 0 Å². The Bertz CT molecular complexity index is 842. The van der Waals surface area contributed by atoms with E-state index >= 15 is 0 Å². The van der Waals surface area contributed by atoms with Crippen molar-refractivity contribution in [2.45, 2.75) is 25.4 Å². The highest BCUT2D eigenvalue weighted by Gasteiger charge is 2.30. The van der Waals surface area contributed by atoms with Crippen LogP contribution in [0.5, 0.6) is 5.75 Å². The van der Waals surface area contributed by atoms with Crippen LogP contribution in [0.2, 0.25) is 0 Å². The summed E-state index contributed by atoms with van der Waals surface area (Å²) in [7, 11) is 3.49. The van der Waals surface area contributed by atoms with E-state index in [1.165, 1.54) is 30.1 Å². The van der Waals surface area contributed by atoms with Gasteiger partial charge in [-0.3, -0.25) is 4.79 Å². The minimum Gasteiger partial charge on any atom is -0.493 e. The van der Waals surface area contributed by atoms with E-state index < -0.39 is 17.6 Å². The third-order valence-electron chi connectivity index (χ3n) is 5.23. The number of nitrogens with zero attached hydrogens (tertiary/aromatic N) is 3. The second-order valence-corrected chi connectivity index (χ2v) is 7.33. The van der Waals surface area contributed by atoms with Gasteiger partial charge in [0.2, 0.25) is 0 Å². The number of carbonyl (C=O) groups is 1. The van der Waals surface area contributed by atoms with Crippen molar-refractivity contribution in [1.82, 2.24) is 20.0 Å². The molecule has 1 N–H and O–H groups in total. The van der Waals surface area contributed by atoms with Crippen molar-refractivity contribution < 1.29 is 22.7 Å². The minimum absolute atomic E-state index is 0.0493. The summed E-state index contributed by atoms with van der Waals surface area (Å²) in [5, 5.41) is 7.00. The number of carbonyl (C=O) groups excluding carboxylic acids is 1. The molecule has 3 rings (SSSR count). The normalized spacial score (nSPS) is 16.0. The molecule has 1 aromatic carbocycles. The Morgan fingerprint density at radius 3 is 2.69 bits per heavy atom. The van der Waals surface area contributed by atoms with Crippen LogP contribution in [0, 0.1) is 5.92 Å². The van der Waals surface area contributed by atoms with E-state index in [1.54, 1.807) is 0 Å². The number of likely N-dealkylation sites (tertiary alicyclic amines) is 1. The molecular formula is C20H25F3N4O2. The van der Waals surface area contributed by atoms with Gasteiger partial charge in [-0.25, -0.2) is 4.68 Å². The molecule has 1 saturated heterocycles. The van der Waals surface area contributed by atoms with Crippen molar-refractivity contribution in [3.05, 3.63) is 41.7 Å². The summed E-state index contributed by atoms with van der Waals surface area (Å²) >= 11 is 0. The van der Waals surface area contributed by atoms with E-state index in [0.29, 0.717) is 12.5 Å². The van der Waals surface area contributed by atoms with Gasteiger partial charge in [0.1, 0.15) is 0 Å². The van der Waals surface area contributed by atoms with Crippen LogP contribution in [-0.4, -0.2) is 54.4 Å². The number of piperidine rings is 1. The molecule has 1 aliphatic heterocycles. The van der Waals surface area contributed by atoms with Gasteiger partial charge in [0, 0.05) is 6.54 Å². The zero-order valence-corrected chi connectivity index (χ0v) is 16.5. The summed E-state index contributed by atoms with van der Waals surface area (Å²) in [6.45, 7) is 2.65. The molecule has 0 unspecified atom stereocenters. The molecule has 2 heterocycles. The lowest BCUT2D eigenvalue weighted by Crippen LogP contribution is -2.33. The lowest BCUT2D eigenvalue weighted by Gasteiger charge is -2.28. The van der Waals surface area contributed by atoms with Crippen molar-refractivity contribution in [2.75, 3.05) is 33.8 Å². The predicted octanol–water partition coefficient (Wildman–Crippen LogP) is 3.36. The summed E-state index contributed by atoms with van der Waals surface area (Å²) in [4.78, 5) is 14.8. The van der Waals surface area contributed by atoms with E-state index in [1.807, 2.05) is 0 Å². The summed E-state index contributed by atoms with van der Waals surface area (Å²) in [5.41, 5.74) is -0.537. The number of benzene rings is 1. The summed E-state index contributed by atoms with van der Waals surface area (Å²) in [5.74, 6) is 0.385. The van der Waals surface area contributed by atoms with Gasteiger partial charge in [-0.2, -0.15) is 18.3 Å². The molecule has 6 nitrogen and oxygen atoms in total.